The van der Waals surface area contributed by atoms with Crippen LogP contribution in [0.25, 0.3) is 10.2 Å². The summed E-state index contributed by atoms with van der Waals surface area (Å²) in [6, 6.07) is 10.9. The van der Waals surface area contributed by atoms with E-state index in [4.69, 9.17) is 14.2 Å². The van der Waals surface area contributed by atoms with Crippen molar-refractivity contribution in [1.82, 2.24) is 4.57 Å². The molecule has 0 saturated heterocycles. The lowest BCUT2D eigenvalue weighted by atomic mass is 10.2. The molecule has 0 saturated carbocycles. The number of aryl methyl sites for hydroxylation is 1. The van der Waals surface area contributed by atoms with Gasteiger partial charge in [0.25, 0.3) is 5.91 Å². The van der Waals surface area contributed by atoms with Gasteiger partial charge in [-0.3, -0.25) is 4.79 Å². The van der Waals surface area contributed by atoms with Crippen molar-refractivity contribution in [1.29, 1.82) is 0 Å². The highest BCUT2D eigenvalue weighted by Crippen LogP contribution is 2.28. The number of nitrogens with zero attached hydrogens (tertiary/aromatic N) is 2. The van der Waals surface area contributed by atoms with E-state index in [1.54, 1.807) is 32.4 Å². The Bertz CT molecular complexity index is 1020. The van der Waals surface area contributed by atoms with E-state index in [0.717, 1.165) is 16.0 Å². The maximum absolute atomic E-state index is 12.8. The molecule has 0 aliphatic rings. The van der Waals surface area contributed by atoms with E-state index < -0.39 is 0 Å². The monoisotopic (exact) mass is 372 g/mol. The molecule has 6 nitrogen and oxygen atoms in total. The lowest BCUT2D eigenvalue weighted by Gasteiger charge is -2.08. The van der Waals surface area contributed by atoms with E-state index in [-0.39, 0.29) is 5.91 Å². The van der Waals surface area contributed by atoms with Gasteiger partial charge in [0.15, 0.2) is 4.80 Å². The summed E-state index contributed by atoms with van der Waals surface area (Å²) in [5.41, 5.74) is 1.30. The van der Waals surface area contributed by atoms with Crippen LogP contribution in [-0.2, 0) is 6.54 Å². The number of carbonyl (C=O) groups is 1. The number of ether oxygens (including phenoxy) is 3. The molecule has 0 bridgehead atoms. The van der Waals surface area contributed by atoms with Crippen molar-refractivity contribution in [2.45, 2.75) is 13.5 Å². The van der Waals surface area contributed by atoms with Gasteiger partial charge in [-0.1, -0.05) is 17.4 Å². The van der Waals surface area contributed by atoms with Crippen LogP contribution in [0.5, 0.6) is 17.2 Å². The molecule has 3 aromatic rings. The van der Waals surface area contributed by atoms with Crippen molar-refractivity contribution in [3.05, 3.63) is 46.8 Å². The van der Waals surface area contributed by atoms with Gasteiger partial charge in [0.05, 0.1) is 31.6 Å². The average molecular weight is 372 g/mol. The summed E-state index contributed by atoms with van der Waals surface area (Å²) in [4.78, 5) is 17.8. The number of hydrogen-bond acceptors (Lipinski definition) is 5. The molecule has 0 radical (unpaired) electrons. The first kappa shape index (κ1) is 18.0. The molecule has 26 heavy (non-hydrogen) atoms. The van der Waals surface area contributed by atoms with Crippen molar-refractivity contribution in [2.75, 3.05) is 21.3 Å². The Morgan fingerprint density at radius 3 is 2.50 bits per heavy atom. The lowest BCUT2D eigenvalue weighted by Crippen LogP contribution is -2.16. The zero-order chi connectivity index (χ0) is 18.7. The number of carbonyl (C=O) groups excluding carboxylic acids is 1. The van der Waals surface area contributed by atoms with Crippen LogP contribution in [-0.4, -0.2) is 31.8 Å². The van der Waals surface area contributed by atoms with Crippen molar-refractivity contribution in [3.63, 3.8) is 0 Å². The first-order valence-corrected chi connectivity index (χ1v) is 8.92. The minimum Gasteiger partial charge on any atom is -0.497 e. The highest BCUT2D eigenvalue weighted by molar-refractivity contribution is 7.16. The second-order valence-corrected chi connectivity index (χ2v) is 6.43. The van der Waals surface area contributed by atoms with Crippen molar-refractivity contribution < 1.29 is 19.0 Å². The number of aromatic nitrogens is 1. The van der Waals surface area contributed by atoms with E-state index in [2.05, 4.69) is 4.99 Å². The minimum absolute atomic E-state index is 0.360. The summed E-state index contributed by atoms with van der Waals surface area (Å²) in [5.74, 6) is 1.41. The third-order valence-corrected chi connectivity index (χ3v) is 5.08. The van der Waals surface area contributed by atoms with Gasteiger partial charge in [-0.05, 0) is 37.3 Å². The Morgan fingerprint density at radius 1 is 1.08 bits per heavy atom. The normalized spacial score (nSPS) is 11.6. The standard InChI is InChI=1S/C19H20N2O4S/c1-5-21-17-15(25-4)7-6-8-16(17)26-19(21)20-18(22)13-11-12(23-2)9-10-14(13)24-3/h6-11H,5H2,1-4H3. The van der Waals surface area contributed by atoms with Crippen LogP contribution in [0.15, 0.2) is 41.4 Å². The fourth-order valence-corrected chi connectivity index (χ4v) is 3.88. The first-order chi connectivity index (χ1) is 12.6. The molecule has 0 fully saturated rings. The Hall–Kier alpha value is -2.80. The molecule has 0 aliphatic heterocycles. The maximum atomic E-state index is 12.8. The molecule has 3 rings (SSSR count). The molecule has 1 amide bonds. The summed E-state index contributed by atoms with van der Waals surface area (Å²) in [6.45, 7) is 2.68. The molecule has 0 N–H and O–H groups in total. The molecule has 2 aromatic carbocycles. The maximum Gasteiger partial charge on any atom is 0.283 e. The molecule has 0 unspecified atom stereocenters. The SMILES string of the molecule is CCn1c(=NC(=O)c2cc(OC)ccc2OC)sc2cccc(OC)c21. The lowest BCUT2D eigenvalue weighted by molar-refractivity contribution is 0.0994. The molecule has 0 spiro atoms. The highest BCUT2D eigenvalue weighted by Gasteiger charge is 2.15. The average Bonchev–Trinajstić information content (AvgIpc) is 3.04. The third-order valence-electron chi connectivity index (χ3n) is 4.03. The summed E-state index contributed by atoms with van der Waals surface area (Å²) < 4.78 is 19.0. The van der Waals surface area contributed by atoms with E-state index in [0.29, 0.717) is 28.4 Å². The number of rotatable bonds is 5. The van der Waals surface area contributed by atoms with Gasteiger partial charge < -0.3 is 18.8 Å². The second kappa shape index (κ2) is 7.61. The predicted molar refractivity (Wildman–Crippen MR) is 101 cm³/mol. The van der Waals surface area contributed by atoms with Crippen LogP contribution >= 0.6 is 11.3 Å². The number of amides is 1. The largest absolute Gasteiger partial charge is 0.497 e. The van der Waals surface area contributed by atoms with Gasteiger partial charge in [0.2, 0.25) is 0 Å². The second-order valence-electron chi connectivity index (χ2n) is 5.42. The highest BCUT2D eigenvalue weighted by atomic mass is 32.1. The topological polar surface area (TPSA) is 62.1 Å². The number of methoxy groups -OCH3 is 3. The van der Waals surface area contributed by atoms with E-state index >= 15 is 0 Å². The summed E-state index contributed by atoms with van der Waals surface area (Å²) in [5, 5.41) is 0. The molecule has 1 aromatic heterocycles. The molecule has 0 atom stereocenters. The fraction of sp³-hybridized carbons (Fsp3) is 0.263. The van der Waals surface area contributed by atoms with E-state index in [9.17, 15) is 4.79 Å². The van der Waals surface area contributed by atoms with Crippen LogP contribution < -0.4 is 19.0 Å². The molecule has 0 aliphatic carbocycles. The van der Waals surface area contributed by atoms with Crippen LogP contribution in [0, 0.1) is 0 Å². The van der Waals surface area contributed by atoms with Crippen molar-refractivity contribution >= 4 is 27.5 Å². The van der Waals surface area contributed by atoms with Gasteiger partial charge >= 0.3 is 0 Å². The molecule has 136 valence electrons. The van der Waals surface area contributed by atoms with Gasteiger partial charge in [0, 0.05) is 6.54 Å². The molecule has 7 heteroatoms. The number of thiazole rings is 1. The number of hydrogen-bond donors (Lipinski definition) is 0. The summed E-state index contributed by atoms with van der Waals surface area (Å²) in [6.07, 6.45) is 0. The summed E-state index contributed by atoms with van der Waals surface area (Å²) >= 11 is 1.45. The van der Waals surface area contributed by atoms with Crippen molar-refractivity contribution in [2.24, 2.45) is 4.99 Å². The Labute approximate surface area is 155 Å². The first-order valence-electron chi connectivity index (χ1n) is 8.10. The van der Waals surface area contributed by atoms with Crippen LogP contribution in [0.2, 0.25) is 0 Å². The van der Waals surface area contributed by atoms with E-state index in [1.165, 1.54) is 18.4 Å². The minimum atomic E-state index is -0.381. The van der Waals surface area contributed by atoms with Crippen LogP contribution in [0.4, 0.5) is 0 Å². The molecular weight excluding hydrogens is 352 g/mol. The number of benzene rings is 2. The zero-order valence-electron chi connectivity index (χ0n) is 15.1. The smallest absolute Gasteiger partial charge is 0.283 e. The Morgan fingerprint density at radius 2 is 1.85 bits per heavy atom. The van der Waals surface area contributed by atoms with Crippen LogP contribution in [0.1, 0.15) is 17.3 Å². The van der Waals surface area contributed by atoms with Gasteiger partial charge in [-0.15, -0.1) is 0 Å². The predicted octanol–water partition coefficient (Wildman–Crippen LogP) is 3.49. The zero-order valence-corrected chi connectivity index (χ0v) is 15.9. The van der Waals surface area contributed by atoms with Crippen molar-refractivity contribution in [3.8, 4) is 17.2 Å². The quantitative estimate of drug-likeness (QED) is 0.688. The Balaban J connectivity index is 2.18. The van der Waals surface area contributed by atoms with Crippen LogP contribution in [0.3, 0.4) is 0 Å². The third kappa shape index (κ3) is 3.17. The number of para-hydroxylation sites is 1. The fourth-order valence-electron chi connectivity index (χ4n) is 2.77. The van der Waals surface area contributed by atoms with Gasteiger partial charge in [-0.2, -0.15) is 4.99 Å². The molecule has 1 heterocycles. The summed E-state index contributed by atoms with van der Waals surface area (Å²) in [7, 11) is 4.71. The van der Waals surface area contributed by atoms with E-state index in [1.807, 2.05) is 29.7 Å². The Kier molecular flexibility index (Phi) is 5.27. The number of fused-ring (bicyclic) bond motifs is 1. The molecular formula is C19H20N2O4S. The van der Waals surface area contributed by atoms with Gasteiger partial charge in [-0.25, -0.2) is 0 Å². The van der Waals surface area contributed by atoms with Gasteiger partial charge in [0.1, 0.15) is 22.8 Å².